The molecule has 192 valence electrons. The van der Waals surface area contributed by atoms with Crippen LogP contribution in [0.4, 0.5) is 20.6 Å². The second-order valence-electron chi connectivity index (χ2n) is 8.89. The maximum atomic E-state index is 13.4. The van der Waals surface area contributed by atoms with Crippen LogP contribution >= 0.6 is 0 Å². The van der Waals surface area contributed by atoms with Crippen molar-refractivity contribution < 1.29 is 23.5 Å². The number of carbonyl (C=O) groups excluding carboxylic acids is 3. The van der Waals surface area contributed by atoms with Gasteiger partial charge in [-0.25, -0.2) is 9.18 Å². The zero-order chi connectivity index (χ0) is 25.5. The first-order chi connectivity index (χ1) is 17.5. The predicted octanol–water partition coefficient (Wildman–Crippen LogP) is 2.79. The van der Waals surface area contributed by atoms with Gasteiger partial charge in [-0.15, -0.1) is 0 Å². The van der Waals surface area contributed by atoms with Gasteiger partial charge in [0.2, 0.25) is 0 Å². The number of carbonyl (C=O) groups is 3. The van der Waals surface area contributed by atoms with Crippen LogP contribution in [0.2, 0.25) is 0 Å². The highest BCUT2D eigenvalue weighted by Crippen LogP contribution is 2.30. The summed E-state index contributed by atoms with van der Waals surface area (Å²) < 4.78 is 18.2. The number of amides is 3. The molecule has 36 heavy (non-hydrogen) atoms. The van der Waals surface area contributed by atoms with Crippen molar-refractivity contribution in [1.29, 1.82) is 0 Å². The lowest BCUT2D eigenvalue weighted by molar-refractivity contribution is 0.0766. The molecular weight excluding hydrogens is 465 g/mol. The first kappa shape index (κ1) is 25.4. The molecule has 2 aliphatic rings. The van der Waals surface area contributed by atoms with Gasteiger partial charge in [-0.1, -0.05) is 0 Å². The topological polar surface area (TPSA) is 94.2 Å². The van der Waals surface area contributed by atoms with Gasteiger partial charge in [-0.3, -0.25) is 9.59 Å². The Hall–Kier alpha value is -3.66. The van der Waals surface area contributed by atoms with Gasteiger partial charge in [-0.05, 0) is 61.9 Å². The molecule has 0 bridgehead atoms. The third-order valence-electron chi connectivity index (χ3n) is 6.49. The third kappa shape index (κ3) is 6.12. The van der Waals surface area contributed by atoms with Crippen LogP contribution < -0.4 is 15.5 Å². The summed E-state index contributed by atoms with van der Waals surface area (Å²) in [5.74, 6) is -0.910. The van der Waals surface area contributed by atoms with E-state index in [1.807, 2.05) is 11.0 Å². The fourth-order valence-electron chi connectivity index (χ4n) is 4.54. The molecule has 2 aromatic carbocycles. The van der Waals surface area contributed by atoms with E-state index in [9.17, 15) is 18.8 Å². The average molecular weight is 498 g/mol. The smallest absolute Gasteiger partial charge is 0.409 e. The number of benzene rings is 2. The molecular formula is C26H32FN5O4. The number of nitrogens with zero attached hydrogens (tertiary/aromatic N) is 3. The molecule has 4 rings (SSSR count). The summed E-state index contributed by atoms with van der Waals surface area (Å²) in [7, 11) is 1.37. The summed E-state index contributed by atoms with van der Waals surface area (Å²) in [6.07, 6.45) is 1.24. The van der Waals surface area contributed by atoms with Gasteiger partial charge in [0.1, 0.15) is 5.82 Å². The number of hydrogen-bond donors (Lipinski definition) is 2. The van der Waals surface area contributed by atoms with E-state index >= 15 is 0 Å². The SMILES string of the molecule is COC(=O)N1CCCN(c2ccc(C(=O)N3CCCNCC3)cc2NC(=O)c2ccc(F)cc2)CC1. The summed E-state index contributed by atoms with van der Waals surface area (Å²) in [5.41, 5.74) is 2.05. The van der Waals surface area contributed by atoms with Gasteiger partial charge in [-0.2, -0.15) is 0 Å². The lowest BCUT2D eigenvalue weighted by Crippen LogP contribution is -2.35. The Morgan fingerprint density at radius 1 is 0.861 bits per heavy atom. The van der Waals surface area contributed by atoms with Crippen molar-refractivity contribution in [3.8, 4) is 0 Å². The van der Waals surface area contributed by atoms with Crippen molar-refractivity contribution in [3.63, 3.8) is 0 Å². The van der Waals surface area contributed by atoms with Crippen molar-refractivity contribution in [3.05, 3.63) is 59.4 Å². The summed E-state index contributed by atoms with van der Waals surface area (Å²) in [6, 6.07) is 10.6. The number of methoxy groups -OCH3 is 1. The minimum atomic E-state index is -0.425. The second kappa shape index (κ2) is 11.9. The Morgan fingerprint density at radius 2 is 1.61 bits per heavy atom. The maximum Gasteiger partial charge on any atom is 0.409 e. The number of anilines is 2. The van der Waals surface area contributed by atoms with Crippen LogP contribution in [0.1, 0.15) is 33.6 Å². The number of ether oxygens (including phenoxy) is 1. The Kier molecular flexibility index (Phi) is 8.37. The van der Waals surface area contributed by atoms with Crippen LogP contribution in [0.3, 0.4) is 0 Å². The van der Waals surface area contributed by atoms with Crippen molar-refractivity contribution >= 4 is 29.3 Å². The molecule has 9 nitrogen and oxygen atoms in total. The molecule has 0 aliphatic carbocycles. The molecule has 0 unspecified atom stereocenters. The molecule has 0 radical (unpaired) electrons. The molecule has 2 aromatic rings. The fraction of sp³-hybridized carbons (Fsp3) is 0.423. The Morgan fingerprint density at radius 3 is 2.39 bits per heavy atom. The quantitative estimate of drug-likeness (QED) is 0.675. The van der Waals surface area contributed by atoms with E-state index in [-0.39, 0.29) is 12.0 Å². The van der Waals surface area contributed by atoms with Gasteiger partial charge in [0.05, 0.1) is 18.5 Å². The molecule has 2 heterocycles. The molecule has 0 saturated carbocycles. The van der Waals surface area contributed by atoms with E-state index in [1.165, 1.54) is 31.4 Å². The fourth-order valence-corrected chi connectivity index (χ4v) is 4.54. The van der Waals surface area contributed by atoms with E-state index < -0.39 is 11.7 Å². The Labute approximate surface area is 210 Å². The zero-order valence-electron chi connectivity index (χ0n) is 20.5. The maximum absolute atomic E-state index is 13.4. The standard InChI is InChI=1S/C26H32FN5O4/c1-36-26(35)32-14-3-13-30(16-17-32)23-9-6-20(25(34)31-12-2-10-28-11-15-31)18-22(23)29-24(33)19-4-7-21(27)8-5-19/h4-9,18,28H,2-3,10-17H2,1H3,(H,29,33). The van der Waals surface area contributed by atoms with Gasteiger partial charge in [0.15, 0.2) is 0 Å². The van der Waals surface area contributed by atoms with E-state index in [2.05, 4.69) is 15.5 Å². The first-order valence-electron chi connectivity index (χ1n) is 12.2. The molecule has 0 aromatic heterocycles. The largest absolute Gasteiger partial charge is 0.453 e. The highest BCUT2D eigenvalue weighted by Gasteiger charge is 2.24. The minimum absolute atomic E-state index is 0.0877. The predicted molar refractivity (Wildman–Crippen MR) is 135 cm³/mol. The van der Waals surface area contributed by atoms with Crippen LogP contribution in [0.25, 0.3) is 0 Å². The van der Waals surface area contributed by atoms with Gasteiger partial charge < -0.3 is 30.1 Å². The number of hydrogen-bond acceptors (Lipinski definition) is 6. The Bertz CT molecular complexity index is 1090. The lowest BCUT2D eigenvalue weighted by Gasteiger charge is -2.27. The minimum Gasteiger partial charge on any atom is -0.453 e. The van der Waals surface area contributed by atoms with Crippen molar-refractivity contribution in [2.45, 2.75) is 12.8 Å². The molecule has 10 heteroatoms. The Balaban J connectivity index is 1.61. The van der Waals surface area contributed by atoms with Gasteiger partial charge in [0.25, 0.3) is 11.8 Å². The van der Waals surface area contributed by atoms with Crippen LogP contribution in [0.5, 0.6) is 0 Å². The molecule has 3 amide bonds. The van der Waals surface area contributed by atoms with Crippen molar-refractivity contribution in [2.75, 3.05) is 69.7 Å². The number of nitrogens with one attached hydrogen (secondary N) is 2. The molecule has 2 saturated heterocycles. The third-order valence-corrected chi connectivity index (χ3v) is 6.49. The summed E-state index contributed by atoms with van der Waals surface area (Å²) in [4.78, 5) is 43.8. The number of rotatable bonds is 4. The second-order valence-corrected chi connectivity index (χ2v) is 8.89. The zero-order valence-corrected chi connectivity index (χ0v) is 20.5. The molecule has 0 atom stereocenters. The monoisotopic (exact) mass is 497 g/mol. The number of halogens is 1. The first-order valence-corrected chi connectivity index (χ1v) is 12.2. The highest BCUT2D eigenvalue weighted by atomic mass is 19.1. The lowest BCUT2D eigenvalue weighted by atomic mass is 10.1. The highest BCUT2D eigenvalue weighted by molar-refractivity contribution is 6.07. The van der Waals surface area contributed by atoms with Gasteiger partial charge in [0, 0.05) is 56.9 Å². The average Bonchev–Trinajstić information content (AvgIpc) is 3.32. The van der Waals surface area contributed by atoms with E-state index in [0.29, 0.717) is 56.1 Å². The van der Waals surface area contributed by atoms with E-state index in [4.69, 9.17) is 4.74 Å². The molecule has 2 fully saturated rings. The molecule has 2 aliphatic heterocycles. The van der Waals surface area contributed by atoms with Gasteiger partial charge >= 0.3 is 6.09 Å². The van der Waals surface area contributed by atoms with Crippen LogP contribution in [0.15, 0.2) is 42.5 Å². The van der Waals surface area contributed by atoms with E-state index in [1.54, 1.807) is 17.0 Å². The van der Waals surface area contributed by atoms with E-state index in [0.717, 1.165) is 31.6 Å². The van der Waals surface area contributed by atoms with Crippen LogP contribution in [-0.2, 0) is 4.74 Å². The van der Waals surface area contributed by atoms with Crippen molar-refractivity contribution in [2.24, 2.45) is 0 Å². The molecule has 2 N–H and O–H groups in total. The summed E-state index contributed by atoms with van der Waals surface area (Å²) >= 11 is 0. The summed E-state index contributed by atoms with van der Waals surface area (Å²) in [6.45, 7) is 5.15. The van der Waals surface area contributed by atoms with Crippen molar-refractivity contribution in [1.82, 2.24) is 15.1 Å². The van der Waals surface area contributed by atoms with Crippen LogP contribution in [0, 0.1) is 5.82 Å². The summed E-state index contributed by atoms with van der Waals surface area (Å²) in [5, 5.41) is 6.22. The van der Waals surface area contributed by atoms with Crippen LogP contribution in [-0.4, -0.2) is 87.2 Å². The molecule has 0 spiro atoms. The normalized spacial score (nSPS) is 16.7.